The van der Waals surface area contributed by atoms with Crippen molar-refractivity contribution in [3.8, 4) is 5.75 Å². The van der Waals surface area contributed by atoms with Gasteiger partial charge in [-0.1, -0.05) is 13.0 Å². The van der Waals surface area contributed by atoms with Crippen molar-refractivity contribution in [2.45, 2.75) is 19.3 Å². The van der Waals surface area contributed by atoms with Crippen LogP contribution in [0, 0.1) is 11.7 Å². The van der Waals surface area contributed by atoms with E-state index in [0.29, 0.717) is 37.4 Å². The van der Waals surface area contributed by atoms with Crippen LogP contribution in [0.5, 0.6) is 5.75 Å². The number of carbonyl (C=O) groups is 1. The number of amides is 1. The fourth-order valence-corrected chi connectivity index (χ4v) is 2.86. The molecule has 4 nitrogen and oxygen atoms in total. The van der Waals surface area contributed by atoms with Gasteiger partial charge in [-0.2, -0.15) is 0 Å². The van der Waals surface area contributed by atoms with Gasteiger partial charge < -0.3 is 14.4 Å². The molecule has 1 aromatic carbocycles. The zero-order valence-corrected chi connectivity index (χ0v) is 12.8. The highest BCUT2D eigenvalue weighted by Gasteiger charge is 2.33. The predicted octanol–water partition coefficient (Wildman–Crippen LogP) is 2.43. The maximum Gasteiger partial charge on any atom is 0.223 e. The van der Waals surface area contributed by atoms with E-state index in [1.165, 1.54) is 13.2 Å². The zero-order chi connectivity index (χ0) is 15.4. The smallest absolute Gasteiger partial charge is 0.223 e. The Morgan fingerprint density at radius 2 is 2.14 bits per heavy atom. The first-order valence-electron chi connectivity index (χ1n) is 7.17. The van der Waals surface area contributed by atoms with Crippen LogP contribution >= 0.6 is 0 Å². The third-order valence-electron chi connectivity index (χ3n) is 4.11. The number of benzene rings is 1. The lowest BCUT2D eigenvalue weighted by molar-refractivity contribution is -0.136. The summed E-state index contributed by atoms with van der Waals surface area (Å²) in [4.78, 5) is 14.0. The van der Waals surface area contributed by atoms with Crippen LogP contribution in [0.3, 0.4) is 0 Å². The summed E-state index contributed by atoms with van der Waals surface area (Å²) in [7, 11) is 3.13. The van der Waals surface area contributed by atoms with E-state index < -0.39 is 0 Å². The lowest BCUT2D eigenvalue weighted by Crippen LogP contribution is -2.44. The molecule has 1 saturated heterocycles. The Kier molecular flexibility index (Phi) is 5.17. The van der Waals surface area contributed by atoms with Crippen molar-refractivity contribution in [3.63, 3.8) is 0 Å². The number of piperidine rings is 1. The molecule has 116 valence electrons. The highest BCUT2D eigenvalue weighted by Crippen LogP contribution is 2.35. The summed E-state index contributed by atoms with van der Waals surface area (Å²) in [5.74, 6) is 0.382. The molecule has 1 amide bonds. The quantitative estimate of drug-likeness (QED) is 0.837. The van der Waals surface area contributed by atoms with Gasteiger partial charge in [0.25, 0.3) is 0 Å². The molecule has 1 aliphatic heterocycles. The molecule has 5 heteroatoms. The van der Waals surface area contributed by atoms with Gasteiger partial charge in [-0.25, -0.2) is 4.39 Å². The second kappa shape index (κ2) is 6.89. The molecule has 1 fully saturated rings. The fraction of sp³-hybridized carbons (Fsp3) is 0.562. The van der Waals surface area contributed by atoms with Crippen LogP contribution < -0.4 is 4.74 Å². The van der Waals surface area contributed by atoms with Gasteiger partial charge in [-0.15, -0.1) is 0 Å². The van der Waals surface area contributed by atoms with Crippen molar-refractivity contribution in [2.24, 2.45) is 5.92 Å². The van der Waals surface area contributed by atoms with E-state index >= 15 is 0 Å². The molecule has 1 aromatic rings. The molecule has 2 rings (SSSR count). The van der Waals surface area contributed by atoms with Gasteiger partial charge in [0.1, 0.15) is 11.6 Å². The molecule has 1 heterocycles. The normalized spacial score (nSPS) is 22.5. The van der Waals surface area contributed by atoms with Gasteiger partial charge in [0.05, 0.1) is 13.7 Å². The summed E-state index contributed by atoms with van der Waals surface area (Å²) < 4.78 is 24.2. The first-order valence-corrected chi connectivity index (χ1v) is 7.17. The van der Waals surface area contributed by atoms with Crippen molar-refractivity contribution < 1.29 is 18.7 Å². The number of likely N-dealkylation sites (tertiary alicyclic amines) is 1. The zero-order valence-electron chi connectivity index (χ0n) is 12.8. The van der Waals surface area contributed by atoms with E-state index in [-0.39, 0.29) is 23.6 Å². The molecule has 0 aromatic heterocycles. The van der Waals surface area contributed by atoms with E-state index in [9.17, 15) is 9.18 Å². The first kappa shape index (κ1) is 15.8. The van der Waals surface area contributed by atoms with Crippen molar-refractivity contribution in [1.29, 1.82) is 0 Å². The Hall–Kier alpha value is -1.62. The van der Waals surface area contributed by atoms with Crippen molar-refractivity contribution in [1.82, 2.24) is 4.90 Å². The van der Waals surface area contributed by atoms with Crippen LogP contribution in [0.1, 0.15) is 24.8 Å². The number of ether oxygens (including phenoxy) is 2. The van der Waals surface area contributed by atoms with Crippen molar-refractivity contribution in [2.75, 3.05) is 33.9 Å². The van der Waals surface area contributed by atoms with E-state index in [0.717, 1.165) is 0 Å². The van der Waals surface area contributed by atoms with E-state index in [2.05, 4.69) is 6.92 Å². The topological polar surface area (TPSA) is 38.8 Å². The molecule has 0 spiro atoms. The number of methoxy groups -OCH3 is 2. The monoisotopic (exact) mass is 295 g/mol. The molecule has 0 saturated carbocycles. The Bertz CT molecular complexity index is 506. The van der Waals surface area contributed by atoms with Crippen LogP contribution in [0.2, 0.25) is 0 Å². The highest BCUT2D eigenvalue weighted by molar-refractivity contribution is 5.78. The second-order valence-corrected chi connectivity index (χ2v) is 5.51. The summed E-state index contributed by atoms with van der Waals surface area (Å²) in [6.45, 7) is 3.82. The Morgan fingerprint density at radius 1 is 1.38 bits per heavy atom. The van der Waals surface area contributed by atoms with E-state index in [4.69, 9.17) is 9.47 Å². The SMILES string of the molecule is COCCN1CC(C)C(c2ccc(OC)cc2F)CC1=O. The maximum atomic E-state index is 14.2. The fourth-order valence-electron chi connectivity index (χ4n) is 2.86. The number of rotatable bonds is 5. The van der Waals surface area contributed by atoms with Crippen LogP contribution in [-0.2, 0) is 9.53 Å². The van der Waals surface area contributed by atoms with Gasteiger partial charge in [0.2, 0.25) is 5.91 Å². The molecule has 0 radical (unpaired) electrons. The van der Waals surface area contributed by atoms with Gasteiger partial charge in [0.15, 0.2) is 0 Å². The summed E-state index contributed by atoms with van der Waals surface area (Å²) in [6, 6.07) is 4.85. The average Bonchev–Trinajstić information content (AvgIpc) is 2.48. The molecule has 0 aliphatic carbocycles. The predicted molar refractivity (Wildman–Crippen MR) is 77.9 cm³/mol. The third-order valence-corrected chi connectivity index (χ3v) is 4.11. The Morgan fingerprint density at radius 3 is 2.76 bits per heavy atom. The number of hydrogen-bond donors (Lipinski definition) is 0. The highest BCUT2D eigenvalue weighted by atomic mass is 19.1. The number of halogens is 1. The molecular formula is C16H22FNO3. The lowest BCUT2D eigenvalue weighted by Gasteiger charge is -2.37. The van der Waals surface area contributed by atoms with Crippen LogP contribution in [-0.4, -0.2) is 44.7 Å². The van der Waals surface area contributed by atoms with Crippen molar-refractivity contribution >= 4 is 5.91 Å². The first-order chi connectivity index (χ1) is 10.1. The standard InChI is InChI=1S/C16H22FNO3/c1-11-10-18(6-7-20-2)16(19)9-14(11)13-5-4-12(21-3)8-15(13)17/h4-5,8,11,14H,6-7,9-10H2,1-3H3. The van der Waals surface area contributed by atoms with Gasteiger partial charge in [-0.05, 0) is 23.5 Å². The molecular weight excluding hydrogens is 273 g/mol. The summed E-state index contributed by atoms with van der Waals surface area (Å²) in [6.07, 6.45) is 0.341. The van der Waals surface area contributed by atoms with Crippen molar-refractivity contribution in [3.05, 3.63) is 29.6 Å². The molecule has 2 atom stereocenters. The molecule has 2 unspecified atom stereocenters. The van der Waals surface area contributed by atoms with Gasteiger partial charge in [-0.3, -0.25) is 4.79 Å². The Labute approximate surface area is 124 Å². The minimum atomic E-state index is -0.302. The third kappa shape index (κ3) is 3.53. The number of carbonyl (C=O) groups excluding carboxylic acids is 1. The van der Waals surface area contributed by atoms with Gasteiger partial charge >= 0.3 is 0 Å². The molecule has 0 N–H and O–H groups in total. The number of nitrogens with zero attached hydrogens (tertiary/aromatic N) is 1. The minimum Gasteiger partial charge on any atom is -0.497 e. The van der Waals surface area contributed by atoms with Gasteiger partial charge in [0, 0.05) is 32.7 Å². The summed E-state index contributed by atoms with van der Waals surface area (Å²) in [5.41, 5.74) is 0.600. The van der Waals surface area contributed by atoms with Crippen LogP contribution in [0.15, 0.2) is 18.2 Å². The lowest BCUT2D eigenvalue weighted by atomic mass is 9.81. The second-order valence-electron chi connectivity index (χ2n) is 5.51. The molecule has 21 heavy (non-hydrogen) atoms. The van der Waals surface area contributed by atoms with E-state index in [1.54, 1.807) is 24.1 Å². The summed E-state index contributed by atoms with van der Waals surface area (Å²) >= 11 is 0. The molecule has 1 aliphatic rings. The minimum absolute atomic E-state index is 0.0605. The number of hydrogen-bond acceptors (Lipinski definition) is 3. The summed E-state index contributed by atoms with van der Waals surface area (Å²) in [5, 5.41) is 0. The molecule has 0 bridgehead atoms. The average molecular weight is 295 g/mol. The van der Waals surface area contributed by atoms with Crippen LogP contribution in [0.25, 0.3) is 0 Å². The maximum absolute atomic E-state index is 14.2. The largest absolute Gasteiger partial charge is 0.497 e. The van der Waals surface area contributed by atoms with Crippen LogP contribution in [0.4, 0.5) is 4.39 Å². The van der Waals surface area contributed by atoms with E-state index in [1.807, 2.05) is 0 Å². The Balaban J connectivity index is 2.13.